The van der Waals surface area contributed by atoms with Crippen LogP contribution in [0.25, 0.3) is 0 Å². The van der Waals surface area contributed by atoms with Gasteiger partial charge < -0.3 is 5.32 Å². The summed E-state index contributed by atoms with van der Waals surface area (Å²) in [5.41, 5.74) is 2.49. The number of thiophene rings is 1. The number of likely N-dealkylation sites (N-methyl/N-ethyl adjacent to an activating group) is 1. The van der Waals surface area contributed by atoms with Crippen molar-refractivity contribution in [2.24, 2.45) is 0 Å². The van der Waals surface area contributed by atoms with Crippen molar-refractivity contribution in [1.82, 2.24) is 10.3 Å². The molecule has 0 amide bonds. The highest BCUT2D eigenvalue weighted by atomic mass is 127. The van der Waals surface area contributed by atoms with Crippen LogP contribution in [0.5, 0.6) is 0 Å². The SMILES string of the molecule is CNC(Cc1nc(C)cs1)c1csc(I)c1. The van der Waals surface area contributed by atoms with E-state index in [1.54, 1.807) is 22.7 Å². The van der Waals surface area contributed by atoms with E-state index < -0.39 is 0 Å². The van der Waals surface area contributed by atoms with Crippen LogP contribution in [0.3, 0.4) is 0 Å². The monoisotopic (exact) mass is 364 g/mol. The van der Waals surface area contributed by atoms with E-state index in [-0.39, 0.29) is 0 Å². The maximum Gasteiger partial charge on any atom is 0.0947 e. The molecular weight excluding hydrogens is 351 g/mol. The minimum atomic E-state index is 0.380. The smallest absolute Gasteiger partial charge is 0.0947 e. The predicted molar refractivity (Wildman–Crippen MR) is 79.4 cm³/mol. The van der Waals surface area contributed by atoms with Crippen LogP contribution in [0.2, 0.25) is 0 Å². The first-order valence-electron chi connectivity index (χ1n) is 5.01. The summed E-state index contributed by atoms with van der Waals surface area (Å²) in [6, 6.07) is 2.62. The van der Waals surface area contributed by atoms with Crippen molar-refractivity contribution in [3.05, 3.63) is 36.0 Å². The topological polar surface area (TPSA) is 24.9 Å². The summed E-state index contributed by atoms with van der Waals surface area (Å²) in [6.45, 7) is 2.04. The summed E-state index contributed by atoms with van der Waals surface area (Å²) < 4.78 is 1.34. The summed E-state index contributed by atoms with van der Waals surface area (Å²) in [6.07, 6.45) is 0.974. The number of halogens is 1. The van der Waals surface area contributed by atoms with Crippen LogP contribution in [-0.2, 0) is 6.42 Å². The second-order valence-electron chi connectivity index (χ2n) is 3.61. The molecule has 0 spiro atoms. The van der Waals surface area contributed by atoms with Crippen LogP contribution in [0, 0.1) is 9.81 Å². The Balaban J connectivity index is 2.12. The van der Waals surface area contributed by atoms with Crippen molar-refractivity contribution < 1.29 is 0 Å². The van der Waals surface area contributed by atoms with Gasteiger partial charge in [-0.05, 0) is 53.6 Å². The summed E-state index contributed by atoms with van der Waals surface area (Å²) >= 11 is 5.90. The predicted octanol–water partition coefficient (Wildman–Crippen LogP) is 3.62. The van der Waals surface area contributed by atoms with Gasteiger partial charge in [-0.3, -0.25) is 0 Å². The first-order valence-corrected chi connectivity index (χ1v) is 7.85. The normalized spacial score (nSPS) is 12.9. The molecule has 0 saturated heterocycles. The second kappa shape index (κ2) is 5.57. The molecule has 0 aliphatic heterocycles. The average Bonchev–Trinajstić information content (AvgIpc) is 2.84. The van der Waals surface area contributed by atoms with E-state index in [4.69, 9.17) is 0 Å². The lowest BCUT2D eigenvalue weighted by atomic mass is 10.1. The molecule has 2 nitrogen and oxygen atoms in total. The van der Waals surface area contributed by atoms with E-state index in [9.17, 15) is 0 Å². The fourth-order valence-electron chi connectivity index (χ4n) is 1.56. The molecule has 0 aliphatic rings. The van der Waals surface area contributed by atoms with E-state index >= 15 is 0 Å². The van der Waals surface area contributed by atoms with Crippen molar-refractivity contribution >= 4 is 45.3 Å². The standard InChI is InChI=1S/C11H13IN2S2/c1-7-5-16-11(14-7)4-9(13-2)8-3-10(12)15-6-8/h3,5-6,9,13H,4H2,1-2H3. The fourth-order valence-corrected chi connectivity index (χ4v) is 3.81. The number of aryl methyl sites for hydroxylation is 1. The number of thiazole rings is 1. The Hall–Kier alpha value is 0.0200. The lowest BCUT2D eigenvalue weighted by Crippen LogP contribution is -2.18. The molecule has 86 valence electrons. The van der Waals surface area contributed by atoms with E-state index in [0.29, 0.717) is 6.04 Å². The van der Waals surface area contributed by atoms with Crippen LogP contribution in [0.4, 0.5) is 0 Å². The molecule has 1 unspecified atom stereocenters. The summed E-state index contributed by atoms with van der Waals surface area (Å²) in [4.78, 5) is 4.51. The van der Waals surface area contributed by atoms with Gasteiger partial charge in [0.05, 0.1) is 7.89 Å². The lowest BCUT2D eigenvalue weighted by Gasteiger charge is -2.12. The number of hydrogen-bond donors (Lipinski definition) is 1. The zero-order valence-electron chi connectivity index (χ0n) is 9.16. The first kappa shape index (κ1) is 12.5. The minimum Gasteiger partial charge on any atom is -0.313 e. The van der Waals surface area contributed by atoms with Gasteiger partial charge >= 0.3 is 0 Å². The molecule has 0 bridgehead atoms. The Kier molecular flexibility index (Phi) is 4.34. The highest BCUT2D eigenvalue weighted by molar-refractivity contribution is 14.1. The van der Waals surface area contributed by atoms with Crippen LogP contribution in [0.1, 0.15) is 22.3 Å². The zero-order valence-corrected chi connectivity index (χ0v) is 12.9. The Morgan fingerprint density at radius 2 is 2.25 bits per heavy atom. The van der Waals surface area contributed by atoms with Crippen LogP contribution >= 0.6 is 45.3 Å². The molecule has 16 heavy (non-hydrogen) atoms. The van der Waals surface area contributed by atoms with Crippen LogP contribution in [0.15, 0.2) is 16.8 Å². The van der Waals surface area contributed by atoms with Gasteiger partial charge in [0.25, 0.3) is 0 Å². The molecule has 2 heterocycles. The molecule has 0 radical (unpaired) electrons. The molecule has 2 aromatic heterocycles. The van der Waals surface area contributed by atoms with Gasteiger partial charge in [-0.2, -0.15) is 0 Å². The van der Waals surface area contributed by atoms with Crippen molar-refractivity contribution in [3.63, 3.8) is 0 Å². The van der Waals surface area contributed by atoms with E-state index in [2.05, 4.69) is 49.7 Å². The molecule has 1 N–H and O–H groups in total. The molecule has 5 heteroatoms. The summed E-state index contributed by atoms with van der Waals surface area (Å²) in [5.74, 6) is 0. The van der Waals surface area contributed by atoms with E-state index in [1.807, 2.05) is 14.0 Å². The average molecular weight is 364 g/mol. The van der Waals surface area contributed by atoms with Gasteiger partial charge in [0, 0.05) is 23.5 Å². The van der Waals surface area contributed by atoms with Crippen LogP contribution in [-0.4, -0.2) is 12.0 Å². The van der Waals surface area contributed by atoms with E-state index in [0.717, 1.165) is 12.1 Å². The molecule has 0 aromatic carbocycles. The number of nitrogens with zero attached hydrogens (tertiary/aromatic N) is 1. The Labute approximate surface area is 117 Å². The molecule has 2 aromatic rings. The Bertz CT molecular complexity index is 464. The molecule has 0 fully saturated rings. The third-order valence-electron chi connectivity index (χ3n) is 2.38. The number of hydrogen-bond acceptors (Lipinski definition) is 4. The zero-order chi connectivity index (χ0) is 11.5. The van der Waals surface area contributed by atoms with Gasteiger partial charge in [-0.15, -0.1) is 22.7 Å². The van der Waals surface area contributed by atoms with Gasteiger partial charge in [0.2, 0.25) is 0 Å². The highest BCUT2D eigenvalue weighted by Gasteiger charge is 2.13. The third kappa shape index (κ3) is 3.03. The molecule has 1 atom stereocenters. The molecule has 2 rings (SSSR count). The van der Waals surface area contributed by atoms with Gasteiger partial charge in [0.15, 0.2) is 0 Å². The van der Waals surface area contributed by atoms with Crippen molar-refractivity contribution in [2.45, 2.75) is 19.4 Å². The first-order chi connectivity index (χ1) is 7.69. The van der Waals surface area contributed by atoms with Gasteiger partial charge in [-0.25, -0.2) is 4.98 Å². The number of rotatable bonds is 4. The second-order valence-corrected chi connectivity index (χ2v) is 7.36. The number of aromatic nitrogens is 1. The maximum atomic E-state index is 4.51. The van der Waals surface area contributed by atoms with E-state index in [1.165, 1.54) is 13.5 Å². The quantitative estimate of drug-likeness (QED) is 0.839. The Morgan fingerprint density at radius 3 is 2.75 bits per heavy atom. The summed E-state index contributed by atoms with van der Waals surface area (Å²) in [5, 5.41) is 8.90. The van der Waals surface area contributed by atoms with Crippen LogP contribution < -0.4 is 5.32 Å². The van der Waals surface area contributed by atoms with Gasteiger partial charge in [0.1, 0.15) is 0 Å². The minimum absolute atomic E-state index is 0.380. The molecule has 0 saturated carbocycles. The maximum absolute atomic E-state index is 4.51. The largest absolute Gasteiger partial charge is 0.313 e. The van der Waals surface area contributed by atoms with Crippen molar-refractivity contribution in [2.75, 3.05) is 7.05 Å². The lowest BCUT2D eigenvalue weighted by molar-refractivity contribution is 0.591. The molecular formula is C11H13IN2S2. The number of nitrogens with one attached hydrogen (secondary N) is 1. The highest BCUT2D eigenvalue weighted by Crippen LogP contribution is 2.25. The Morgan fingerprint density at radius 1 is 1.44 bits per heavy atom. The fraction of sp³-hybridized carbons (Fsp3) is 0.364. The van der Waals surface area contributed by atoms with Gasteiger partial charge in [-0.1, -0.05) is 0 Å². The third-order valence-corrected chi connectivity index (χ3v) is 5.18. The van der Waals surface area contributed by atoms with Crippen molar-refractivity contribution in [1.29, 1.82) is 0 Å². The summed E-state index contributed by atoms with van der Waals surface area (Å²) in [7, 11) is 2.01. The molecule has 0 aliphatic carbocycles. The van der Waals surface area contributed by atoms with Crippen molar-refractivity contribution in [3.8, 4) is 0 Å².